The third-order valence-corrected chi connectivity index (χ3v) is 8.12. The van der Waals surface area contributed by atoms with Gasteiger partial charge in [0.25, 0.3) is 0 Å². The van der Waals surface area contributed by atoms with Gasteiger partial charge in [-0.2, -0.15) is 0 Å². The van der Waals surface area contributed by atoms with Gasteiger partial charge < -0.3 is 9.47 Å². The molecule has 7 heteroatoms. The van der Waals surface area contributed by atoms with Crippen molar-refractivity contribution in [2.45, 2.75) is 14.2 Å². The van der Waals surface area contributed by atoms with Gasteiger partial charge >= 0.3 is 0 Å². The minimum atomic E-state index is -0.345. The predicted molar refractivity (Wildman–Crippen MR) is 69.1 cm³/mol. The van der Waals surface area contributed by atoms with Gasteiger partial charge in [-0.25, -0.2) is 0 Å². The maximum atomic E-state index is 5.71. The van der Waals surface area contributed by atoms with Gasteiger partial charge in [0.15, 0.2) is 5.79 Å². The van der Waals surface area contributed by atoms with Gasteiger partial charge in [-0.15, -0.1) is 46.2 Å². The first kappa shape index (κ1) is 11.0. The lowest BCUT2D eigenvalue weighted by molar-refractivity contribution is -0.116. The molecule has 1 saturated heterocycles. The Labute approximate surface area is 109 Å². The Hall–Kier alpha value is 0.890. The van der Waals surface area contributed by atoms with E-state index in [0.717, 1.165) is 27.9 Å². The van der Waals surface area contributed by atoms with E-state index in [9.17, 15) is 0 Å². The molecule has 3 rings (SSSR count). The highest BCUT2D eigenvalue weighted by molar-refractivity contribution is 8.06. The van der Waals surface area contributed by atoms with Gasteiger partial charge in [0, 0.05) is 0 Å². The minimum absolute atomic E-state index is 0.345. The van der Waals surface area contributed by atoms with Crippen LogP contribution in [-0.2, 0) is 9.47 Å². The summed E-state index contributed by atoms with van der Waals surface area (Å²) in [6.45, 7) is 1.45. The molecule has 0 saturated carbocycles. The molecule has 0 unspecified atom stereocenters. The summed E-state index contributed by atoms with van der Waals surface area (Å²) in [6.07, 6.45) is 0. The largest absolute Gasteiger partial charge is 0.346 e. The van der Waals surface area contributed by atoms with Crippen LogP contribution in [0.3, 0.4) is 0 Å². The Morgan fingerprint density at radius 2 is 1.53 bits per heavy atom. The lowest BCUT2D eigenvalue weighted by atomic mass is 10.4. The molecule has 1 aromatic rings. The van der Waals surface area contributed by atoms with Gasteiger partial charge in [-0.1, -0.05) is 12.2 Å². The molecule has 2 nitrogen and oxygen atoms in total. The molecule has 0 atom stereocenters. The van der Waals surface area contributed by atoms with E-state index in [1.54, 1.807) is 22.7 Å². The van der Waals surface area contributed by atoms with E-state index in [4.69, 9.17) is 21.7 Å². The van der Waals surface area contributed by atoms with Crippen molar-refractivity contribution in [3.63, 3.8) is 0 Å². The summed E-state index contributed by atoms with van der Waals surface area (Å²) >= 11 is 12.3. The first-order valence-electron chi connectivity index (χ1n) is 4.45. The summed E-state index contributed by atoms with van der Waals surface area (Å²) in [7, 11) is 0. The number of ether oxygens (including phenoxy) is 2. The summed E-state index contributed by atoms with van der Waals surface area (Å²) in [5, 5.41) is 0. The Kier molecular flexibility index (Phi) is 3.15. The normalized spacial score (nSPS) is 24.0. The molecule has 3 heterocycles. The van der Waals surface area contributed by atoms with Crippen molar-refractivity contribution >= 4 is 58.4 Å². The zero-order valence-electron chi connectivity index (χ0n) is 7.69. The van der Waals surface area contributed by atoms with Crippen molar-refractivity contribution in [2.75, 3.05) is 24.7 Å². The lowest BCUT2D eigenvalue weighted by Gasteiger charge is -2.23. The molecule has 0 N–H and O–H groups in total. The maximum Gasteiger partial charge on any atom is 0.187 e. The van der Waals surface area contributed by atoms with Crippen LogP contribution < -0.4 is 0 Å². The molecule has 0 bridgehead atoms. The molecule has 15 heavy (non-hydrogen) atoms. The monoisotopic (exact) mass is 296 g/mol. The average Bonchev–Trinajstić information content (AvgIpc) is 2.76. The number of thioether (sulfide) groups is 2. The van der Waals surface area contributed by atoms with Crippen molar-refractivity contribution in [1.29, 1.82) is 0 Å². The van der Waals surface area contributed by atoms with Crippen LogP contribution in [0.5, 0.6) is 0 Å². The van der Waals surface area contributed by atoms with Crippen LogP contribution in [0, 0.1) is 3.14 Å². The molecule has 1 aromatic heterocycles. The summed E-state index contributed by atoms with van der Waals surface area (Å²) in [6, 6.07) is 0. The molecule has 0 aromatic carbocycles. The molecule has 1 fully saturated rings. The van der Waals surface area contributed by atoms with Gasteiger partial charge in [-0.05, 0) is 0 Å². The Bertz CT molecular complexity index is 386. The van der Waals surface area contributed by atoms with Gasteiger partial charge in [0.1, 0.15) is 3.14 Å². The van der Waals surface area contributed by atoms with Gasteiger partial charge in [0.2, 0.25) is 0 Å². The van der Waals surface area contributed by atoms with E-state index in [0.29, 0.717) is 0 Å². The summed E-state index contributed by atoms with van der Waals surface area (Å²) < 4.78 is 15.1. The summed E-state index contributed by atoms with van der Waals surface area (Å²) in [4.78, 5) is 0. The highest BCUT2D eigenvalue weighted by Gasteiger charge is 2.39. The van der Waals surface area contributed by atoms with Crippen LogP contribution in [0.15, 0.2) is 8.42 Å². The van der Waals surface area contributed by atoms with Crippen LogP contribution in [0.4, 0.5) is 0 Å². The standard InChI is InChI=1S/C8H8O2S5/c11-7-14-5-6(15-7)13-4-8(3-12-5)9-1-2-10-8/h1-4H2. The molecule has 0 radical (unpaired) electrons. The highest BCUT2D eigenvalue weighted by Crippen LogP contribution is 2.47. The van der Waals surface area contributed by atoms with E-state index in [1.807, 2.05) is 23.5 Å². The fraction of sp³-hybridized carbons (Fsp3) is 0.625. The molecule has 82 valence electrons. The van der Waals surface area contributed by atoms with Crippen molar-refractivity contribution in [2.24, 2.45) is 0 Å². The van der Waals surface area contributed by atoms with E-state index < -0.39 is 0 Å². The molecule has 1 spiro atoms. The number of rotatable bonds is 0. The lowest BCUT2D eigenvalue weighted by Crippen LogP contribution is -2.35. The van der Waals surface area contributed by atoms with Gasteiger partial charge in [-0.3, -0.25) is 0 Å². The maximum absolute atomic E-state index is 5.71. The first-order chi connectivity index (χ1) is 7.27. The second-order valence-corrected chi connectivity index (χ2v) is 8.93. The Morgan fingerprint density at radius 3 is 2.07 bits per heavy atom. The molecule has 2 aliphatic heterocycles. The zero-order chi connectivity index (χ0) is 10.3. The number of fused-ring (bicyclic) bond motifs is 1. The second-order valence-electron chi connectivity index (χ2n) is 3.21. The van der Waals surface area contributed by atoms with Crippen LogP contribution >= 0.6 is 58.4 Å². The van der Waals surface area contributed by atoms with Crippen molar-refractivity contribution in [3.05, 3.63) is 3.14 Å². The van der Waals surface area contributed by atoms with Crippen molar-refractivity contribution < 1.29 is 9.47 Å². The highest BCUT2D eigenvalue weighted by atomic mass is 32.2. The quantitative estimate of drug-likeness (QED) is 0.680. The van der Waals surface area contributed by atoms with Crippen molar-refractivity contribution in [1.82, 2.24) is 0 Å². The zero-order valence-corrected chi connectivity index (χ0v) is 11.8. The predicted octanol–water partition coefficient (Wildman–Crippen LogP) is 3.48. The Balaban J connectivity index is 1.86. The molecular formula is C8H8O2S5. The minimum Gasteiger partial charge on any atom is -0.346 e. The molecule has 2 aliphatic rings. The second kappa shape index (κ2) is 4.29. The van der Waals surface area contributed by atoms with E-state index in [-0.39, 0.29) is 5.79 Å². The van der Waals surface area contributed by atoms with Crippen LogP contribution in [0.2, 0.25) is 0 Å². The third kappa shape index (κ3) is 2.15. The molecular weight excluding hydrogens is 288 g/mol. The number of hydrogen-bond acceptors (Lipinski definition) is 7. The number of hydrogen-bond donors (Lipinski definition) is 0. The van der Waals surface area contributed by atoms with E-state index in [1.165, 1.54) is 8.42 Å². The van der Waals surface area contributed by atoms with Crippen LogP contribution in [0.1, 0.15) is 0 Å². The molecule has 0 amide bonds. The van der Waals surface area contributed by atoms with E-state index >= 15 is 0 Å². The summed E-state index contributed by atoms with van der Waals surface area (Å²) in [5.74, 6) is 1.42. The molecule has 0 aliphatic carbocycles. The summed E-state index contributed by atoms with van der Waals surface area (Å²) in [5.41, 5.74) is 0. The first-order valence-corrected chi connectivity index (χ1v) is 8.46. The SMILES string of the molecule is S=c1sc2c(s1)SCC1(CS2)OCCO1. The average molecular weight is 296 g/mol. The van der Waals surface area contributed by atoms with Crippen LogP contribution in [-0.4, -0.2) is 30.5 Å². The third-order valence-electron chi connectivity index (χ3n) is 2.18. The van der Waals surface area contributed by atoms with Crippen molar-refractivity contribution in [3.8, 4) is 0 Å². The fourth-order valence-corrected chi connectivity index (χ4v) is 7.89. The van der Waals surface area contributed by atoms with E-state index in [2.05, 4.69) is 0 Å². The fourth-order valence-electron chi connectivity index (χ4n) is 1.49. The Morgan fingerprint density at radius 1 is 1.00 bits per heavy atom. The smallest absolute Gasteiger partial charge is 0.187 e. The van der Waals surface area contributed by atoms with Gasteiger partial charge in [0.05, 0.1) is 33.1 Å². The van der Waals surface area contributed by atoms with Crippen LogP contribution in [0.25, 0.3) is 0 Å². The topological polar surface area (TPSA) is 18.5 Å².